The number of rotatable bonds is 7. The van der Waals surface area contributed by atoms with Gasteiger partial charge in [-0.3, -0.25) is 10.1 Å². The maximum Gasteiger partial charge on any atom is 0.257 e. The molecule has 0 unspecified atom stereocenters. The SMILES string of the molecule is COc1cc(OC)cc(C(=O)Nc2nc(-c3cc(OC)ccc3OC)cs2)c1. The van der Waals surface area contributed by atoms with E-state index in [-0.39, 0.29) is 5.91 Å². The van der Waals surface area contributed by atoms with Crippen LogP contribution in [-0.4, -0.2) is 39.3 Å². The molecule has 28 heavy (non-hydrogen) atoms. The Kier molecular flexibility index (Phi) is 6.00. The van der Waals surface area contributed by atoms with E-state index in [2.05, 4.69) is 10.3 Å². The van der Waals surface area contributed by atoms with Crippen LogP contribution >= 0.6 is 11.3 Å². The van der Waals surface area contributed by atoms with Crippen molar-refractivity contribution in [3.05, 3.63) is 47.3 Å². The highest BCUT2D eigenvalue weighted by Crippen LogP contribution is 2.35. The van der Waals surface area contributed by atoms with Crippen molar-refractivity contribution < 1.29 is 23.7 Å². The van der Waals surface area contributed by atoms with Crippen LogP contribution in [0.2, 0.25) is 0 Å². The minimum atomic E-state index is -0.310. The van der Waals surface area contributed by atoms with E-state index in [1.807, 2.05) is 23.6 Å². The summed E-state index contributed by atoms with van der Waals surface area (Å²) in [7, 11) is 6.26. The van der Waals surface area contributed by atoms with Crippen LogP contribution in [0.15, 0.2) is 41.8 Å². The number of benzene rings is 2. The van der Waals surface area contributed by atoms with Gasteiger partial charge in [-0.1, -0.05) is 0 Å². The van der Waals surface area contributed by atoms with Gasteiger partial charge in [-0.05, 0) is 30.3 Å². The van der Waals surface area contributed by atoms with Gasteiger partial charge in [0, 0.05) is 22.6 Å². The number of ether oxygens (including phenoxy) is 4. The van der Waals surface area contributed by atoms with E-state index in [1.54, 1.807) is 32.4 Å². The standard InChI is InChI=1S/C20H20N2O5S/c1-24-13-5-6-18(27-4)16(10-13)17-11-28-20(21-17)22-19(23)12-7-14(25-2)9-15(8-12)26-3/h5-11H,1-4H3,(H,21,22,23). The number of aromatic nitrogens is 1. The van der Waals surface area contributed by atoms with Crippen molar-refractivity contribution in [2.24, 2.45) is 0 Å². The molecule has 1 amide bonds. The molecule has 0 bridgehead atoms. The third-order valence-electron chi connectivity index (χ3n) is 4.02. The molecular weight excluding hydrogens is 380 g/mol. The average molecular weight is 400 g/mol. The van der Waals surface area contributed by atoms with Gasteiger partial charge >= 0.3 is 0 Å². The van der Waals surface area contributed by atoms with Crippen LogP contribution in [0.3, 0.4) is 0 Å². The predicted molar refractivity (Wildman–Crippen MR) is 108 cm³/mol. The Morgan fingerprint density at radius 2 is 1.57 bits per heavy atom. The molecule has 1 aromatic heterocycles. The smallest absolute Gasteiger partial charge is 0.257 e. The Morgan fingerprint density at radius 1 is 0.893 bits per heavy atom. The van der Waals surface area contributed by atoms with E-state index >= 15 is 0 Å². The molecule has 1 N–H and O–H groups in total. The molecule has 0 saturated heterocycles. The first kappa shape index (κ1) is 19.5. The largest absolute Gasteiger partial charge is 0.497 e. The number of hydrogen-bond acceptors (Lipinski definition) is 7. The van der Waals surface area contributed by atoms with E-state index in [1.165, 1.54) is 25.6 Å². The molecule has 3 aromatic rings. The number of nitrogens with one attached hydrogen (secondary N) is 1. The molecule has 3 rings (SSSR count). The first-order valence-electron chi connectivity index (χ1n) is 8.30. The summed E-state index contributed by atoms with van der Waals surface area (Å²) in [6.45, 7) is 0. The van der Waals surface area contributed by atoms with E-state index in [0.29, 0.717) is 39.4 Å². The van der Waals surface area contributed by atoms with Crippen molar-refractivity contribution in [2.75, 3.05) is 33.8 Å². The fourth-order valence-corrected chi connectivity index (χ4v) is 3.28. The van der Waals surface area contributed by atoms with Crippen LogP contribution in [0.5, 0.6) is 23.0 Å². The molecule has 0 aliphatic heterocycles. The Balaban J connectivity index is 1.85. The Bertz CT molecular complexity index is 964. The summed E-state index contributed by atoms with van der Waals surface area (Å²) in [5.41, 5.74) is 1.87. The maximum absolute atomic E-state index is 12.6. The summed E-state index contributed by atoms with van der Waals surface area (Å²) in [6, 6.07) is 10.4. The second kappa shape index (κ2) is 8.62. The molecule has 0 fully saturated rings. The quantitative estimate of drug-likeness (QED) is 0.643. The molecule has 7 nitrogen and oxygen atoms in total. The van der Waals surface area contributed by atoms with Gasteiger partial charge in [-0.15, -0.1) is 11.3 Å². The van der Waals surface area contributed by atoms with Gasteiger partial charge in [0.05, 0.1) is 34.1 Å². The Morgan fingerprint density at radius 3 is 2.18 bits per heavy atom. The Hall–Kier alpha value is -3.26. The molecule has 146 valence electrons. The highest BCUT2D eigenvalue weighted by molar-refractivity contribution is 7.14. The summed E-state index contributed by atoms with van der Waals surface area (Å²) in [4.78, 5) is 17.1. The van der Waals surface area contributed by atoms with Crippen molar-refractivity contribution in [3.63, 3.8) is 0 Å². The first-order valence-corrected chi connectivity index (χ1v) is 9.18. The lowest BCUT2D eigenvalue weighted by Crippen LogP contribution is -2.12. The highest BCUT2D eigenvalue weighted by atomic mass is 32.1. The lowest BCUT2D eigenvalue weighted by molar-refractivity contribution is 0.102. The van der Waals surface area contributed by atoms with Crippen molar-refractivity contribution in [1.29, 1.82) is 0 Å². The molecule has 1 heterocycles. The van der Waals surface area contributed by atoms with Gasteiger partial charge < -0.3 is 18.9 Å². The number of anilines is 1. The van der Waals surface area contributed by atoms with Crippen LogP contribution in [0.4, 0.5) is 5.13 Å². The molecule has 2 aromatic carbocycles. The van der Waals surface area contributed by atoms with Gasteiger partial charge in [-0.25, -0.2) is 4.98 Å². The molecule has 0 spiro atoms. The average Bonchev–Trinajstić information content (AvgIpc) is 3.20. The summed E-state index contributed by atoms with van der Waals surface area (Å²) >= 11 is 1.32. The highest BCUT2D eigenvalue weighted by Gasteiger charge is 2.15. The number of carbonyl (C=O) groups is 1. The number of methoxy groups -OCH3 is 4. The first-order chi connectivity index (χ1) is 13.6. The van der Waals surface area contributed by atoms with Crippen molar-refractivity contribution in [2.45, 2.75) is 0 Å². The topological polar surface area (TPSA) is 78.9 Å². The van der Waals surface area contributed by atoms with E-state index in [4.69, 9.17) is 18.9 Å². The third-order valence-corrected chi connectivity index (χ3v) is 4.78. The van der Waals surface area contributed by atoms with Gasteiger partial charge in [0.25, 0.3) is 5.91 Å². The van der Waals surface area contributed by atoms with E-state index in [0.717, 1.165) is 5.56 Å². The number of amides is 1. The monoisotopic (exact) mass is 400 g/mol. The van der Waals surface area contributed by atoms with Crippen LogP contribution in [-0.2, 0) is 0 Å². The lowest BCUT2D eigenvalue weighted by Gasteiger charge is -2.09. The molecular formula is C20H20N2O5S. The van der Waals surface area contributed by atoms with Crippen molar-refractivity contribution in [1.82, 2.24) is 4.98 Å². The minimum absolute atomic E-state index is 0.310. The van der Waals surface area contributed by atoms with Crippen LogP contribution in [0.25, 0.3) is 11.3 Å². The number of nitrogens with zero attached hydrogens (tertiary/aromatic N) is 1. The lowest BCUT2D eigenvalue weighted by atomic mass is 10.1. The molecule has 0 radical (unpaired) electrons. The minimum Gasteiger partial charge on any atom is -0.497 e. The number of hydrogen-bond donors (Lipinski definition) is 1. The van der Waals surface area contributed by atoms with Gasteiger partial charge in [0.2, 0.25) is 0 Å². The molecule has 0 aliphatic carbocycles. The second-order valence-corrected chi connectivity index (χ2v) is 6.52. The summed E-state index contributed by atoms with van der Waals surface area (Å²) in [5.74, 6) is 2.12. The van der Waals surface area contributed by atoms with E-state index in [9.17, 15) is 4.79 Å². The fraction of sp³-hybridized carbons (Fsp3) is 0.200. The fourth-order valence-electron chi connectivity index (χ4n) is 2.58. The normalized spacial score (nSPS) is 10.3. The van der Waals surface area contributed by atoms with Crippen molar-refractivity contribution >= 4 is 22.4 Å². The number of carbonyl (C=O) groups excluding carboxylic acids is 1. The maximum atomic E-state index is 12.6. The molecule has 0 atom stereocenters. The molecule has 0 saturated carbocycles. The van der Waals surface area contributed by atoms with Gasteiger partial charge in [0.1, 0.15) is 23.0 Å². The molecule has 8 heteroatoms. The van der Waals surface area contributed by atoms with Gasteiger partial charge in [-0.2, -0.15) is 0 Å². The van der Waals surface area contributed by atoms with Crippen molar-refractivity contribution in [3.8, 4) is 34.3 Å². The van der Waals surface area contributed by atoms with Gasteiger partial charge in [0.15, 0.2) is 5.13 Å². The zero-order chi connectivity index (χ0) is 20.1. The zero-order valence-electron chi connectivity index (χ0n) is 15.9. The summed E-state index contributed by atoms with van der Waals surface area (Å²) in [5, 5.41) is 5.11. The van der Waals surface area contributed by atoms with E-state index < -0.39 is 0 Å². The zero-order valence-corrected chi connectivity index (χ0v) is 16.8. The van der Waals surface area contributed by atoms with Crippen LogP contribution in [0.1, 0.15) is 10.4 Å². The Labute approximate surface area is 166 Å². The van der Waals surface area contributed by atoms with Crippen LogP contribution < -0.4 is 24.3 Å². The summed E-state index contributed by atoms with van der Waals surface area (Å²) in [6.07, 6.45) is 0. The second-order valence-electron chi connectivity index (χ2n) is 5.66. The predicted octanol–water partition coefficient (Wildman–Crippen LogP) is 4.10. The number of thiazole rings is 1. The van der Waals surface area contributed by atoms with Crippen LogP contribution in [0, 0.1) is 0 Å². The third kappa shape index (κ3) is 4.17. The molecule has 0 aliphatic rings. The summed E-state index contributed by atoms with van der Waals surface area (Å²) < 4.78 is 21.1.